The van der Waals surface area contributed by atoms with Crippen LogP contribution in [-0.4, -0.2) is 42.1 Å². The van der Waals surface area contributed by atoms with E-state index in [1.165, 1.54) is 6.07 Å². The van der Waals surface area contributed by atoms with Crippen LogP contribution in [0.5, 0.6) is 0 Å². The van der Waals surface area contributed by atoms with Crippen molar-refractivity contribution in [3.63, 3.8) is 0 Å². The maximum Gasteiger partial charge on any atom is 0.252 e. The van der Waals surface area contributed by atoms with Crippen LogP contribution in [0.25, 0.3) is 10.8 Å². The lowest BCUT2D eigenvalue weighted by Gasteiger charge is -2.38. The lowest BCUT2D eigenvalue weighted by atomic mass is 9.89. The van der Waals surface area contributed by atoms with E-state index in [0.29, 0.717) is 0 Å². The van der Waals surface area contributed by atoms with Gasteiger partial charge in [-0.05, 0) is 49.5 Å². The van der Waals surface area contributed by atoms with E-state index in [1.54, 1.807) is 12.4 Å². The molecule has 2 heterocycles. The zero-order valence-electron chi connectivity index (χ0n) is 17.7. The molecule has 1 saturated carbocycles. The third-order valence-electron chi connectivity index (χ3n) is 6.06. The fourth-order valence-electron chi connectivity index (χ4n) is 4.38. The number of carbonyl (C=O) groups is 1. The van der Waals surface area contributed by atoms with Crippen LogP contribution in [0.15, 0.2) is 42.7 Å². The molecule has 2 aromatic heterocycles. The standard InChI is InChI=1S/C23H27FN6O/c1-26-19-5-3-4-6-20(19)30(2)23-18(24)12-17(21(25)31)22(29-23)28-16-8-7-15-13-27-10-9-14(15)11-16/h7-13,19-20,26H,3-6H2,1-2H3,(H2,25,31)(H,28,29). The van der Waals surface area contributed by atoms with Crippen molar-refractivity contribution in [3.8, 4) is 0 Å². The number of hydrogen-bond acceptors (Lipinski definition) is 6. The van der Waals surface area contributed by atoms with Crippen molar-refractivity contribution in [1.82, 2.24) is 15.3 Å². The summed E-state index contributed by atoms with van der Waals surface area (Å²) in [5.41, 5.74) is 6.26. The molecular formula is C23H27FN6O. The van der Waals surface area contributed by atoms with E-state index < -0.39 is 11.7 Å². The van der Waals surface area contributed by atoms with Gasteiger partial charge in [0.1, 0.15) is 5.82 Å². The molecule has 7 nitrogen and oxygen atoms in total. The second-order valence-corrected chi connectivity index (χ2v) is 7.97. The SMILES string of the molecule is CNC1CCCCC1N(C)c1nc(Nc2ccc3cnccc3c2)c(C(N)=O)cc1F. The van der Waals surface area contributed by atoms with E-state index in [0.717, 1.165) is 42.1 Å². The summed E-state index contributed by atoms with van der Waals surface area (Å²) in [5, 5.41) is 8.47. The predicted octanol–water partition coefficient (Wildman–Crippen LogP) is 3.58. The van der Waals surface area contributed by atoms with Gasteiger partial charge in [-0.3, -0.25) is 9.78 Å². The Hall–Kier alpha value is -3.26. The van der Waals surface area contributed by atoms with Crippen LogP contribution >= 0.6 is 0 Å². The highest BCUT2D eigenvalue weighted by Gasteiger charge is 2.30. The fraction of sp³-hybridized carbons (Fsp3) is 0.348. The van der Waals surface area contributed by atoms with Crippen LogP contribution in [0.3, 0.4) is 0 Å². The summed E-state index contributed by atoms with van der Waals surface area (Å²) in [5.74, 6) is -0.865. The Bertz CT molecular complexity index is 1100. The molecule has 1 amide bonds. The molecule has 4 N–H and O–H groups in total. The Kier molecular flexibility index (Phi) is 5.99. The van der Waals surface area contributed by atoms with Crippen LogP contribution < -0.4 is 21.3 Å². The molecule has 2 unspecified atom stereocenters. The summed E-state index contributed by atoms with van der Waals surface area (Å²) in [6, 6.07) is 9.14. The summed E-state index contributed by atoms with van der Waals surface area (Å²) in [4.78, 5) is 22.5. The number of pyridine rings is 2. The molecule has 0 bridgehead atoms. The second kappa shape index (κ2) is 8.85. The van der Waals surface area contributed by atoms with Crippen LogP contribution in [0, 0.1) is 5.82 Å². The van der Waals surface area contributed by atoms with Crippen molar-refractivity contribution in [2.45, 2.75) is 37.8 Å². The predicted molar refractivity (Wildman–Crippen MR) is 121 cm³/mol. The first-order valence-corrected chi connectivity index (χ1v) is 10.5. The van der Waals surface area contributed by atoms with E-state index in [2.05, 4.69) is 20.6 Å². The highest BCUT2D eigenvalue weighted by atomic mass is 19.1. The number of fused-ring (bicyclic) bond motifs is 1. The first-order valence-electron chi connectivity index (χ1n) is 10.5. The number of anilines is 3. The van der Waals surface area contributed by atoms with E-state index in [-0.39, 0.29) is 29.3 Å². The normalized spacial score (nSPS) is 18.7. The van der Waals surface area contributed by atoms with Crippen molar-refractivity contribution in [1.29, 1.82) is 0 Å². The molecule has 3 aromatic rings. The number of hydrogen-bond donors (Lipinski definition) is 3. The second-order valence-electron chi connectivity index (χ2n) is 7.97. The minimum absolute atomic E-state index is 0.0123. The third kappa shape index (κ3) is 4.29. The first-order chi connectivity index (χ1) is 15.0. The Morgan fingerprint density at radius 1 is 1.19 bits per heavy atom. The van der Waals surface area contributed by atoms with Gasteiger partial charge in [-0.25, -0.2) is 9.37 Å². The summed E-state index contributed by atoms with van der Waals surface area (Å²) in [7, 11) is 3.78. The molecule has 0 saturated heterocycles. The average Bonchev–Trinajstić information content (AvgIpc) is 2.79. The monoisotopic (exact) mass is 422 g/mol. The number of nitrogens with one attached hydrogen (secondary N) is 2. The first kappa shape index (κ1) is 21.0. The Balaban J connectivity index is 1.71. The van der Waals surface area contributed by atoms with E-state index in [9.17, 15) is 4.79 Å². The van der Waals surface area contributed by atoms with Gasteiger partial charge in [-0.15, -0.1) is 0 Å². The van der Waals surface area contributed by atoms with Crippen LogP contribution in [0.1, 0.15) is 36.0 Å². The molecule has 0 spiro atoms. The molecule has 0 aliphatic heterocycles. The molecule has 2 atom stereocenters. The molecular weight excluding hydrogens is 395 g/mol. The van der Waals surface area contributed by atoms with Gasteiger partial charge in [0.2, 0.25) is 0 Å². The zero-order chi connectivity index (χ0) is 22.0. The Labute approximate surface area is 180 Å². The maximum absolute atomic E-state index is 15.0. The molecule has 1 aliphatic rings. The Morgan fingerprint density at radius 3 is 2.77 bits per heavy atom. The van der Waals surface area contributed by atoms with Crippen LogP contribution in [0.2, 0.25) is 0 Å². The average molecular weight is 423 g/mol. The Morgan fingerprint density at radius 2 is 2.00 bits per heavy atom. The molecule has 31 heavy (non-hydrogen) atoms. The highest BCUT2D eigenvalue weighted by molar-refractivity contribution is 5.99. The third-order valence-corrected chi connectivity index (χ3v) is 6.06. The molecule has 1 aliphatic carbocycles. The summed E-state index contributed by atoms with van der Waals surface area (Å²) in [6.45, 7) is 0. The molecule has 1 fully saturated rings. The van der Waals surface area contributed by atoms with Gasteiger partial charge in [0, 0.05) is 42.6 Å². The lowest BCUT2D eigenvalue weighted by Crippen LogP contribution is -2.50. The molecule has 162 valence electrons. The fourth-order valence-corrected chi connectivity index (χ4v) is 4.38. The summed E-state index contributed by atoms with van der Waals surface area (Å²) in [6.07, 6.45) is 7.71. The highest BCUT2D eigenvalue weighted by Crippen LogP contribution is 2.31. The van der Waals surface area contributed by atoms with E-state index >= 15 is 4.39 Å². The summed E-state index contributed by atoms with van der Waals surface area (Å²) < 4.78 is 15.0. The number of amides is 1. The lowest BCUT2D eigenvalue weighted by molar-refractivity contribution is 0.100. The number of nitrogens with zero attached hydrogens (tertiary/aromatic N) is 3. The van der Waals surface area contributed by atoms with Crippen molar-refractivity contribution < 1.29 is 9.18 Å². The van der Waals surface area contributed by atoms with Crippen molar-refractivity contribution >= 4 is 34.0 Å². The zero-order valence-corrected chi connectivity index (χ0v) is 17.7. The van der Waals surface area contributed by atoms with Gasteiger partial charge in [-0.2, -0.15) is 0 Å². The number of rotatable bonds is 6. The van der Waals surface area contributed by atoms with Crippen LogP contribution in [-0.2, 0) is 0 Å². The number of primary amides is 1. The number of halogens is 1. The number of nitrogens with two attached hydrogens (primary N) is 1. The molecule has 1 aromatic carbocycles. The number of benzene rings is 1. The van der Waals surface area contributed by atoms with Gasteiger partial charge in [0.15, 0.2) is 11.6 Å². The molecule has 8 heteroatoms. The largest absolute Gasteiger partial charge is 0.365 e. The van der Waals surface area contributed by atoms with E-state index in [1.807, 2.05) is 43.3 Å². The maximum atomic E-state index is 15.0. The van der Waals surface area contributed by atoms with Gasteiger partial charge < -0.3 is 21.3 Å². The topological polar surface area (TPSA) is 96.2 Å². The van der Waals surface area contributed by atoms with Gasteiger partial charge in [0.05, 0.1) is 5.56 Å². The van der Waals surface area contributed by atoms with Crippen molar-refractivity contribution in [2.75, 3.05) is 24.3 Å². The van der Waals surface area contributed by atoms with Crippen molar-refractivity contribution in [3.05, 3.63) is 54.1 Å². The van der Waals surface area contributed by atoms with Gasteiger partial charge >= 0.3 is 0 Å². The number of carbonyl (C=O) groups excluding carboxylic acids is 1. The van der Waals surface area contributed by atoms with Gasteiger partial charge in [-0.1, -0.05) is 18.9 Å². The van der Waals surface area contributed by atoms with Crippen molar-refractivity contribution in [2.24, 2.45) is 5.73 Å². The van der Waals surface area contributed by atoms with E-state index in [4.69, 9.17) is 5.73 Å². The van der Waals surface area contributed by atoms with Crippen LogP contribution in [0.4, 0.5) is 21.7 Å². The minimum atomic E-state index is -0.737. The van der Waals surface area contributed by atoms with Gasteiger partial charge in [0.25, 0.3) is 5.91 Å². The smallest absolute Gasteiger partial charge is 0.252 e. The summed E-state index contributed by atoms with van der Waals surface area (Å²) >= 11 is 0. The number of likely N-dealkylation sites (N-methyl/N-ethyl adjacent to an activating group) is 2. The molecule has 0 radical (unpaired) electrons. The quantitative estimate of drug-likeness (QED) is 0.562. The minimum Gasteiger partial charge on any atom is -0.365 e. The molecule has 4 rings (SSSR count). The number of aromatic nitrogens is 2.